The van der Waals surface area contributed by atoms with Crippen molar-refractivity contribution in [2.75, 3.05) is 12.4 Å². The van der Waals surface area contributed by atoms with E-state index in [0.717, 1.165) is 38.6 Å². The molecule has 1 N–H and O–H groups in total. The van der Waals surface area contributed by atoms with Crippen LogP contribution in [0, 0.1) is 13.8 Å². The Labute approximate surface area is 156 Å². The van der Waals surface area contributed by atoms with Gasteiger partial charge in [-0.15, -0.1) is 11.3 Å². The van der Waals surface area contributed by atoms with E-state index in [4.69, 9.17) is 4.74 Å². The summed E-state index contributed by atoms with van der Waals surface area (Å²) in [5.74, 6) is 1.68. The molecule has 0 atom stereocenters. The van der Waals surface area contributed by atoms with Crippen molar-refractivity contribution >= 4 is 33.1 Å². The van der Waals surface area contributed by atoms with Crippen LogP contribution in [0.15, 0.2) is 54.2 Å². The molecule has 0 aliphatic rings. The van der Waals surface area contributed by atoms with Crippen molar-refractivity contribution in [3.8, 4) is 16.9 Å². The average Bonchev–Trinajstić information content (AvgIpc) is 3.10. The normalized spacial score (nSPS) is 10.9. The number of hydrogen-bond donors (Lipinski definition) is 1. The predicted octanol–water partition coefficient (Wildman–Crippen LogP) is 5.73. The van der Waals surface area contributed by atoms with Crippen LogP contribution in [0.25, 0.3) is 21.3 Å². The highest BCUT2D eigenvalue weighted by Crippen LogP contribution is 2.38. The van der Waals surface area contributed by atoms with Crippen molar-refractivity contribution in [1.82, 2.24) is 9.97 Å². The zero-order chi connectivity index (χ0) is 18.1. The molecule has 0 spiro atoms. The second-order valence-electron chi connectivity index (χ2n) is 6.22. The van der Waals surface area contributed by atoms with Crippen LogP contribution in [0.1, 0.15) is 11.1 Å². The lowest BCUT2D eigenvalue weighted by molar-refractivity contribution is 0.415. The van der Waals surface area contributed by atoms with E-state index in [9.17, 15) is 0 Å². The molecule has 4 nitrogen and oxygen atoms in total. The minimum Gasteiger partial charge on any atom is -0.497 e. The van der Waals surface area contributed by atoms with Crippen LogP contribution >= 0.6 is 11.3 Å². The molecule has 4 rings (SSSR count). The quantitative estimate of drug-likeness (QED) is 0.504. The van der Waals surface area contributed by atoms with Gasteiger partial charge in [0.15, 0.2) is 0 Å². The Morgan fingerprint density at radius 2 is 1.81 bits per heavy atom. The zero-order valence-corrected chi connectivity index (χ0v) is 15.7. The molecule has 2 heterocycles. The molecule has 5 heteroatoms. The summed E-state index contributed by atoms with van der Waals surface area (Å²) in [7, 11) is 1.68. The lowest BCUT2D eigenvalue weighted by Gasteiger charge is -2.12. The Balaban J connectivity index is 1.82. The van der Waals surface area contributed by atoms with E-state index in [0.29, 0.717) is 0 Å². The second-order valence-corrected chi connectivity index (χ2v) is 7.08. The third-order valence-electron chi connectivity index (χ3n) is 4.42. The number of aryl methyl sites for hydroxylation is 2. The number of anilines is 2. The largest absolute Gasteiger partial charge is 0.497 e. The number of benzene rings is 2. The molecule has 4 aromatic rings. The topological polar surface area (TPSA) is 47.0 Å². The monoisotopic (exact) mass is 361 g/mol. The van der Waals surface area contributed by atoms with Gasteiger partial charge in [0, 0.05) is 16.6 Å². The number of nitrogens with zero attached hydrogens (tertiary/aromatic N) is 2. The van der Waals surface area contributed by atoms with Crippen LogP contribution in [-0.4, -0.2) is 17.1 Å². The van der Waals surface area contributed by atoms with Crippen LogP contribution in [0.2, 0.25) is 0 Å². The Kier molecular flexibility index (Phi) is 4.31. The van der Waals surface area contributed by atoms with Gasteiger partial charge >= 0.3 is 0 Å². The first-order chi connectivity index (χ1) is 12.7. The summed E-state index contributed by atoms with van der Waals surface area (Å²) in [6.45, 7) is 4.19. The maximum absolute atomic E-state index is 5.27. The first-order valence-corrected chi connectivity index (χ1v) is 9.24. The number of hydrogen-bond acceptors (Lipinski definition) is 5. The molecule has 0 fully saturated rings. The van der Waals surface area contributed by atoms with E-state index in [1.54, 1.807) is 24.8 Å². The molecule has 2 aromatic heterocycles. The fourth-order valence-corrected chi connectivity index (χ4v) is 3.87. The van der Waals surface area contributed by atoms with Gasteiger partial charge in [-0.05, 0) is 48.7 Å². The van der Waals surface area contributed by atoms with Crippen molar-refractivity contribution in [1.29, 1.82) is 0 Å². The fourth-order valence-electron chi connectivity index (χ4n) is 2.95. The summed E-state index contributed by atoms with van der Waals surface area (Å²) < 4.78 is 5.27. The van der Waals surface area contributed by atoms with E-state index in [1.165, 1.54) is 11.1 Å². The molecule has 0 saturated heterocycles. The predicted molar refractivity (Wildman–Crippen MR) is 109 cm³/mol. The van der Waals surface area contributed by atoms with Crippen LogP contribution in [-0.2, 0) is 0 Å². The van der Waals surface area contributed by atoms with Crippen molar-refractivity contribution in [3.05, 3.63) is 65.3 Å². The van der Waals surface area contributed by atoms with E-state index in [2.05, 4.69) is 64.8 Å². The maximum Gasteiger partial charge on any atom is 0.143 e. The van der Waals surface area contributed by atoms with Crippen molar-refractivity contribution < 1.29 is 4.74 Å². The molecule has 0 bridgehead atoms. The summed E-state index contributed by atoms with van der Waals surface area (Å²) in [6, 6.07) is 14.4. The van der Waals surface area contributed by atoms with Gasteiger partial charge in [0.25, 0.3) is 0 Å². The van der Waals surface area contributed by atoms with Crippen molar-refractivity contribution in [2.45, 2.75) is 13.8 Å². The van der Waals surface area contributed by atoms with Crippen molar-refractivity contribution in [3.63, 3.8) is 0 Å². The Bertz CT molecular complexity index is 1070. The zero-order valence-electron chi connectivity index (χ0n) is 14.9. The smallest absolute Gasteiger partial charge is 0.143 e. The molecular weight excluding hydrogens is 342 g/mol. The second kappa shape index (κ2) is 6.77. The third-order valence-corrected chi connectivity index (χ3v) is 5.30. The molecule has 26 heavy (non-hydrogen) atoms. The molecule has 0 amide bonds. The SMILES string of the molecule is COc1ccc(-c2csc3ncnc(Nc4cc(C)ccc4C)c23)cc1. The van der Waals surface area contributed by atoms with Gasteiger partial charge in [-0.1, -0.05) is 24.3 Å². The van der Waals surface area contributed by atoms with Gasteiger partial charge in [0.1, 0.15) is 22.7 Å². The summed E-state index contributed by atoms with van der Waals surface area (Å²) in [6.07, 6.45) is 1.62. The van der Waals surface area contributed by atoms with Crippen LogP contribution in [0.3, 0.4) is 0 Å². The van der Waals surface area contributed by atoms with E-state index >= 15 is 0 Å². The molecule has 0 aliphatic carbocycles. The van der Waals surface area contributed by atoms with Crippen LogP contribution in [0.4, 0.5) is 11.5 Å². The third kappa shape index (κ3) is 3.02. The van der Waals surface area contributed by atoms with E-state index in [-0.39, 0.29) is 0 Å². The lowest BCUT2D eigenvalue weighted by atomic mass is 10.1. The van der Waals surface area contributed by atoms with Crippen molar-refractivity contribution in [2.24, 2.45) is 0 Å². The maximum atomic E-state index is 5.27. The highest BCUT2D eigenvalue weighted by atomic mass is 32.1. The van der Waals surface area contributed by atoms with Gasteiger partial charge in [-0.25, -0.2) is 9.97 Å². The van der Waals surface area contributed by atoms with Gasteiger partial charge in [0.05, 0.1) is 12.5 Å². The van der Waals surface area contributed by atoms with Gasteiger partial charge in [-0.3, -0.25) is 0 Å². The molecule has 0 saturated carbocycles. The minimum absolute atomic E-state index is 0.829. The summed E-state index contributed by atoms with van der Waals surface area (Å²) in [5, 5.41) is 6.69. The number of fused-ring (bicyclic) bond motifs is 1. The number of thiophene rings is 1. The molecule has 2 aromatic carbocycles. The van der Waals surface area contributed by atoms with E-state index in [1.807, 2.05) is 12.1 Å². The first kappa shape index (κ1) is 16.5. The summed E-state index contributed by atoms with van der Waals surface area (Å²) in [4.78, 5) is 9.94. The molecule has 0 radical (unpaired) electrons. The Morgan fingerprint density at radius 3 is 2.58 bits per heavy atom. The number of nitrogens with one attached hydrogen (secondary N) is 1. The highest BCUT2D eigenvalue weighted by molar-refractivity contribution is 7.17. The number of rotatable bonds is 4. The van der Waals surface area contributed by atoms with E-state index < -0.39 is 0 Å². The Morgan fingerprint density at radius 1 is 1.00 bits per heavy atom. The molecule has 0 unspecified atom stereocenters. The molecule has 130 valence electrons. The molecular formula is C21H19N3OS. The number of aromatic nitrogens is 2. The fraction of sp³-hybridized carbons (Fsp3) is 0.143. The van der Waals surface area contributed by atoms with Crippen LogP contribution in [0.5, 0.6) is 5.75 Å². The minimum atomic E-state index is 0.829. The first-order valence-electron chi connectivity index (χ1n) is 8.36. The number of ether oxygens (including phenoxy) is 1. The molecule has 0 aliphatic heterocycles. The van der Waals surface area contributed by atoms with Crippen LogP contribution < -0.4 is 10.1 Å². The lowest BCUT2D eigenvalue weighted by Crippen LogP contribution is -1.98. The summed E-state index contributed by atoms with van der Waals surface area (Å²) >= 11 is 1.63. The number of methoxy groups -OCH3 is 1. The van der Waals surface area contributed by atoms with Gasteiger partial charge in [-0.2, -0.15) is 0 Å². The average molecular weight is 361 g/mol. The Hall–Kier alpha value is -2.92. The highest BCUT2D eigenvalue weighted by Gasteiger charge is 2.14. The standard InChI is InChI=1S/C21H19N3OS/c1-13-4-5-14(2)18(10-13)24-20-19-17(11-26-21(19)23-12-22-20)15-6-8-16(25-3)9-7-15/h4-12H,1-3H3,(H,22,23,24). The van der Waals surface area contributed by atoms with Gasteiger partial charge < -0.3 is 10.1 Å². The van der Waals surface area contributed by atoms with Gasteiger partial charge in [0.2, 0.25) is 0 Å². The summed E-state index contributed by atoms with van der Waals surface area (Å²) in [5.41, 5.74) is 5.71.